The Labute approximate surface area is 146 Å². The van der Waals surface area contributed by atoms with Crippen LogP contribution in [0, 0.1) is 0 Å². The minimum absolute atomic E-state index is 0.0451. The first-order chi connectivity index (χ1) is 11.9. The zero-order valence-corrected chi connectivity index (χ0v) is 13.7. The third kappa shape index (κ3) is 6.87. The summed E-state index contributed by atoms with van der Waals surface area (Å²) in [4.78, 5) is 0. The Bertz CT molecular complexity index is 456. The maximum Gasteiger partial charge on any atom is 0.425 e. The third-order valence-corrected chi connectivity index (χ3v) is 3.11. The van der Waals surface area contributed by atoms with Crippen LogP contribution in [-0.4, -0.2) is 69.0 Å². The Balaban J connectivity index is 5.11. The molecule has 0 heterocycles. The lowest BCUT2D eigenvalue weighted by molar-refractivity contribution is -0.285. The fourth-order valence-electron chi connectivity index (χ4n) is 1.64. The molecule has 0 fully saturated rings. The lowest BCUT2D eigenvalue weighted by Crippen LogP contribution is -2.75. The van der Waals surface area contributed by atoms with Crippen molar-refractivity contribution in [2.24, 2.45) is 5.73 Å². The highest BCUT2D eigenvalue weighted by atomic mass is 19.4. The minimum Gasteiger partial charge on any atom is -0.380 e. The van der Waals surface area contributed by atoms with E-state index in [0.717, 1.165) is 0 Å². The van der Waals surface area contributed by atoms with Crippen LogP contribution >= 0.6 is 0 Å². The van der Waals surface area contributed by atoms with Gasteiger partial charge in [0.05, 0.1) is 6.61 Å². The van der Waals surface area contributed by atoms with Crippen molar-refractivity contribution < 1.29 is 57.8 Å². The highest BCUT2D eigenvalue weighted by molar-refractivity contribution is 5.01. The van der Waals surface area contributed by atoms with Gasteiger partial charge in [-0.15, -0.1) is 0 Å². The minimum atomic E-state index is -6.03. The molecule has 3 N–H and O–H groups in total. The molecular formula is C12H17F11N2O2. The summed E-state index contributed by atoms with van der Waals surface area (Å²) in [6.45, 7) is -4.78. The number of ether oxygens (including phenoxy) is 2. The van der Waals surface area contributed by atoms with Gasteiger partial charge in [-0.1, -0.05) is 0 Å². The number of halogens is 11. The number of nitrogens with two attached hydrogens (primary N) is 1. The topological polar surface area (TPSA) is 56.5 Å². The second-order valence-electron chi connectivity index (χ2n) is 5.29. The predicted octanol–water partition coefficient (Wildman–Crippen LogP) is 3.02. The van der Waals surface area contributed by atoms with E-state index in [1.165, 1.54) is 12.2 Å². The molecule has 0 spiro atoms. The van der Waals surface area contributed by atoms with E-state index in [1.807, 2.05) is 0 Å². The van der Waals surface area contributed by atoms with Crippen LogP contribution in [0.1, 0.15) is 6.92 Å². The first-order valence-electron chi connectivity index (χ1n) is 7.15. The number of hydrogen-bond donors (Lipinski definition) is 2. The fraction of sp³-hybridized carbons (Fsp3) is 1.00. The van der Waals surface area contributed by atoms with E-state index >= 15 is 0 Å². The molecule has 0 radical (unpaired) electrons. The monoisotopic (exact) mass is 430 g/mol. The summed E-state index contributed by atoms with van der Waals surface area (Å²) >= 11 is 0. The number of alkyl halides is 11. The van der Waals surface area contributed by atoms with Crippen molar-refractivity contribution in [2.75, 3.05) is 33.0 Å². The maximum absolute atomic E-state index is 13.9. The largest absolute Gasteiger partial charge is 0.425 e. The van der Waals surface area contributed by atoms with Gasteiger partial charge in [0.2, 0.25) is 5.66 Å². The first-order valence-corrected chi connectivity index (χ1v) is 7.15. The van der Waals surface area contributed by atoms with Gasteiger partial charge in [0.25, 0.3) is 6.17 Å². The van der Waals surface area contributed by atoms with Crippen molar-refractivity contribution in [1.82, 2.24) is 5.32 Å². The van der Waals surface area contributed by atoms with Crippen molar-refractivity contribution in [3.05, 3.63) is 0 Å². The van der Waals surface area contributed by atoms with Crippen LogP contribution in [0.4, 0.5) is 48.3 Å². The quantitative estimate of drug-likeness (QED) is 0.301. The second-order valence-corrected chi connectivity index (χ2v) is 5.29. The van der Waals surface area contributed by atoms with Crippen molar-refractivity contribution in [1.29, 1.82) is 0 Å². The van der Waals surface area contributed by atoms with Crippen molar-refractivity contribution in [3.63, 3.8) is 0 Å². The van der Waals surface area contributed by atoms with Gasteiger partial charge in [-0.05, 0) is 6.92 Å². The predicted molar refractivity (Wildman–Crippen MR) is 69.1 cm³/mol. The van der Waals surface area contributed by atoms with Crippen LogP contribution in [0.15, 0.2) is 0 Å². The first kappa shape index (κ1) is 26.1. The smallest absolute Gasteiger partial charge is 0.380 e. The van der Waals surface area contributed by atoms with Gasteiger partial charge in [-0.2, -0.15) is 26.3 Å². The number of nitrogens with one attached hydrogen (secondary N) is 1. The van der Waals surface area contributed by atoms with Crippen LogP contribution in [-0.2, 0) is 9.47 Å². The normalized spacial score (nSPS) is 17.7. The molecule has 0 aromatic rings. The summed E-state index contributed by atoms with van der Waals surface area (Å²) in [7, 11) is 0. The zero-order chi connectivity index (χ0) is 21.7. The Morgan fingerprint density at radius 1 is 0.889 bits per heavy atom. The van der Waals surface area contributed by atoms with Crippen molar-refractivity contribution in [2.45, 2.75) is 43.0 Å². The van der Waals surface area contributed by atoms with E-state index in [9.17, 15) is 48.3 Å². The van der Waals surface area contributed by atoms with Gasteiger partial charge < -0.3 is 15.2 Å². The van der Waals surface area contributed by atoms with Crippen LogP contribution in [0.25, 0.3) is 0 Å². The van der Waals surface area contributed by atoms with E-state index in [1.54, 1.807) is 0 Å². The molecule has 0 aliphatic rings. The van der Waals surface area contributed by atoms with Crippen LogP contribution in [0.3, 0.4) is 0 Å². The van der Waals surface area contributed by atoms with Gasteiger partial charge in [0.1, 0.15) is 13.2 Å². The third-order valence-electron chi connectivity index (χ3n) is 3.11. The molecule has 0 rings (SSSR count). The SMILES string of the molecule is CCOCCNC(N)(C(F)(F)F)C(F)(F)COCC(F)(F)C(F)C(F)(F)F. The molecule has 27 heavy (non-hydrogen) atoms. The standard InChI is InChI=1S/C12H17F11N2O2/c1-2-26-4-3-25-11(24,12(21,22)23)9(16,17)6-27-5-8(14,15)7(13)10(18,19)20/h7,25H,2-6,24H2,1H3. The average molecular weight is 430 g/mol. The van der Waals surface area contributed by atoms with Crippen LogP contribution < -0.4 is 11.1 Å². The van der Waals surface area contributed by atoms with Gasteiger partial charge in [0.15, 0.2) is 0 Å². The molecule has 0 bridgehead atoms. The molecule has 0 aliphatic heterocycles. The van der Waals surface area contributed by atoms with Gasteiger partial charge in [-0.3, -0.25) is 5.32 Å². The van der Waals surface area contributed by atoms with Crippen LogP contribution in [0.2, 0.25) is 0 Å². The van der Waals surface area contributed by atoms with E-state index in [2.05, 4.69) is 15.2 Å². The molecule has 0 amide bonds. The van der Waals surface area contributed by atoms with Gasteiger partial charge in [0, 0.05) is 13.2 Å². The summed E-state index contributed by atoms with van der Waals surface area (Å²) < 4.78 is 149. The molecule has 0 aromatic carbocycles. The Morgan fingerprint density at radius 3 is 1.81 bits per heavy atom. The molecule has 0 aromatic heterocycles. The Kier molecular flexibility index (Phi) is 8.73. The summed E-state index contributed by atoms with van der Waals surface area (Å²) in [6, 6.07) is 0. The molecule has 164 valence electrons. The molecular weight excluding hydrogens is 413 g/mol. The molecule has 0 aliphatic carbocycles. The van der Waals surface area contributed by atoms with E-state index < -0.39 is 62.4 Å². The van der Waals surface area contributed by atoms with E-state index in [0.29, 0.717) is 0 Å². The van der Waals surface area contributed by atoms with Crippen molar-refractivity contribution in [3.8, 4) is 0 Å². The number of rotatable bonds is 11. The molecule has 15 heteroatoms. The Morgan fingerprint density at radius 2 is 1.41 bits per heavy atom. The molecule has 4 nitrogen and oxygen atoms in total. The highest BCUT2D eigenvalue weighted by Gasteiger charge is 2.67. The second kappa shape index (κ2) is 9.05. The summed E-state index contributed by atoms with van der Waals surface area (Å²) in [5.74, 6) is -10.4. The molecule has 0 saturated heterocycles. The summed E-state index contributed by atoms with van der Waals surface area (Å²) in [5, 5.41) is 1.26. The van der Waals surface area contributed by atoms with Gasteiger partial charge in [-0.25, -0.2) is 22.0 Å². The molecule has 0 saturated carbocycles. The lowest BCUT2D eigenvalue weighted by atomic mass is 10.0. The van der Waals surface area contributed by atoms with E-state index in [-0.39, 0.29) is 6.61 Å². The van der Waals surface area contributed by atoms with Crippen LogP contribution in [0.5, 0.6) is 0 Å². The molecule has 2 atom stereocenters. The fourth-order valence-corrected chi connectivity index (χ4v) is 1.64. The summed E-state index contributed by atoms with van der Waals surface area (Å²) in [5.41, 5.74) is 0.184. The zero-order valence-electron chi connectivity index (χ0n) is 13.7. The lowest BCUT2D eigenvalue weighted by Gasteiger charge is -2.39. The average Bonchev–Trinajstić information content (AvgIpc) is 2.47. The van der Waals surface area contributed by atoms with Gasteiger partial charge >= 0.3 is 24.2 Å². The molecule has 2 unspecified atom stereocenters. The number of hydrogen-bond acceptors (Lipinski definition) is 4. The Hall–Kier alpha value is -0.930. The van der Waals surface area contributed by atoms with Crippen molar-refractivity contribution >= 4 is 0 Å². The summed E-state index contributed by atoms with van der Waals surface area (Å²) in [6.07, 6.45) is -16.6. The highest BCUT2D eigenvalue weighted by Crippen LogP contribution is 2.39. The van der Waals surface area contributed by atoms with E-state index in [4.69, 9.17) is 0 Å². The maximum atomic E-state index is 13.9.